The van der Waals surface area contributed by atoms with Crippen molar-refractivity contribution < 1.29 is 9.53 Å². The molecule has 0 bridgehead atoms. The van der Waals surface area contributed by atoms with Crippen molar-refractivity contribution in [2.75, 3.05) is 0 Å². The Morgan fingerprint density at radius 2 is 1.85 bits per heavy atom. The van der Waals surface area contributed by atoms with Crippen LogP contribution in [0.5, 0.6) is 5.75 Å². The molecule has 70 valence electrons. The SMILES string of the molecule is O=COc1ccccc1C(Cl)(Cl)Cl. The van der Waals surface area contributed by atoms with E-state index in [4.69, 9.17) is 34.8 Å². The maximum Gasteiger partial charge on any atom is 0.298 e. The maximum atomic E-state index is 10.1. The third-order valence-electron chi connectivity index (χ3n) is 1.37. The zero-order chi connectivity index (χ0) is 9.90. The molecule has 1 aromatic carbocycles. The van der Waals surface area contributed by atoms with Gasteiger partial charge in [-0.1, -0.05) is 53.0 Å². The monoisotopic (exact) mass is 238 g/mol. The average molecular weight is 239 g/mol. The van der Waals surface area contributed by atoms with E-state index in [1.807, 2.05) is 0 Å². The van der Waals surface area contributed by atoms with Gasteiger partial charge in [0.05, 0.1) is 0 Å². The lowest BCUT2D eigenvalue weighted by atomic mass is 10.2. The van der Waals surface area contributed by atoms with Gasteiger partial charge in [-0.3, -0.25) is 4.79 Å². The molecule has 0 aliphatic carbocycles. The Bertz CT molecular complexity index is 307. The van der Waals surface area contributed by atoms with Crippen molar-refractivity contribution in [2.24, 2.45) is 0 Å². The molecule has 0 radical (unpaired) electrons. The molecule has 0 aliphatic heterocycles. The molecule has 0 aliphatic rings. The third-order valence-corrected chi connectivity index (χ3v) is 1.98. The number of para-hydroxylation sites is 1. The summed E-state index contributed by atoms with van der Waals surface area (Å²) in [6.07, 6.45) is 0. The molecular formula is C8H5Cl3O2. The summed E-state index contributed by atoms with van der Waals surface area (Å²) in [4.78, 5) is 10.1. The summed E-state index contributed by atoms with van der Waals surface area (Å²) in [6, 6.07) is 6.49. The van der Waals surface area contributed by atoms with Gasteiger partial charge < -0.3 is 4.74 Å². The van der Waals surface area contributed by atoms with Gasteiger partial charge in [0.25, 0.3) is 6.47 Å². The van der Waals surface area contributed by atoms with Gasteiger partial charge in [0, 0.05) is 5.56 Å². The Hall–Kier alpha value is -0.440. The summed E-state index contributed by atoms with van der Waals surface area (Å²) >= 11 is 16.9. The number of ether oxygens (including phenoxy) is 1. The van der Waals surface area contributed by atoms with Gasteiger partial charge in [-0.15, -0.1) is 0 Å². The van der Waals surface area contributed by atoms with E-state index >= 15 is 0 Å². The van der Waals surface area contributed by atoms with E-state index in [0.29, 0.717) is 5.56 Å². The fourth-order valence-corrected chi connectivity index (χ4v) is 1.32. The lowest BCUT2D eigenvalue weighted by Crippen LogP contribution is -2.03. The Labute approximate surface area is 90.3 Å². The lowest BCUT2D eigenvalue weighted by molar-refractivity contribution is -0.120. The Morgan fingerprint density at radius 3 is 2.38 bits per heavy atom. The number of rotatable bonds is 2. The van der Waals surface area contributed by atoms with Crippen molar-refractivity contribution in [1.29, 1.82) is 0 Å². The largest absolute Gasteiger partial charge is 0.428 e. The van der Waals surface area contributed by atoms with E-state index in [1.165, 1.54) is 0 Å². The van der Waals surface area contributed by atoms with Gasteiger partial charge in [-0.05, 0) is 6.07 Å². The minimum absolute atomic E-state index is 0.248. The van der Waals surface area contributed by atoms with E-state index in [1.54, 1.807) is 24.3 Å². The van der Waals surface area contributed by atoms with Crippen LogP contribution in [-0.4, -0.2) is 6.47 Å². The first-order chi connectivity index (χ1) is 6.05. The maximum absolute atomic E-state index is 10.1. The van der Waals surface area contributed by atoms with Crippen LogP contribution in [0.2, 0.25) is 0 Å². The summed E-state index contributed by atoms with van der Waals surface area (Å²) < 4.78 is 3.05. The second-order valence-corrected chi connectivity index (χ2v) is 4.49. The summed E-state index contributed by atoms with van der Waals surface area (Å²) in [7, 11) is 0. The van der Waals surface area contributed by atoms with Crippen molar-refractivity contribution >= 4 is 41.3 Å². The number of hydrogen-bond donors (Lipinski definition) is 0. The number of alkyl halides is 3. The highest BCUT2D eigenvalue weighted by Gasteiger charge is 2.26. The van der Waals surface area contributed by atoms with Crippen LogP contribution < -0.4 is 4.74 Å². The third kappa shape index (κ3) is 2.76. The molecule has 0 spiro atoms. The fourth-order valence-electron chi connectivity index (χ4n) is 0.855. The van der Waals surface area contributed by atoms with E-state index in [0.717, 1.165) is 0 Å². The Kier molecular flexibility index (Phi) is 3.42. The molecule has 0 heterocycles. The first-order valence-corrected chi connectivity index (χ1v) is 4.45. The van der Waals surface area contributed by atoms with E-state index in [9.17, 15) is 4.79 Å². The Morgan fingerprint density at radius 1 is 1.23 bits per heavy atom. The van der Waals surface area contributed by atoms with Gasteiger partial charge >= 0.3 is 0 Å². The van der Waals surface area contributed by atoms with Crippen LogP contribution in [0.1, 0.15) is 5.56 Å². The number of halogens is 3. The summed E-state index contributed by atoms with van der Waals surface area (Å²) in [5.74, 6) is 0.248. The van der Waals surface area contributed by atoms with Crippen molar-refractivity contribution in [3.05, 3.63) is 29.8 Å². The normalized spacial score (nSPS) is 11.0. The minimum atomic E-state index is -1.58. The van der Waals surface area contributed by atoms with Crippen molar-refractivity contribution in [3.63, 3.8) is 0 Å². The number of carbonyl (C=O) groups is 1. The predicted molar refractivity (Wildman–Crippen MR) is 52.4 cm³/mol. The molecule has 0 unspecified atom stereocenters. The standard InChI is InChI=1S/C8H5Cl3O2/c9-8(10,11)6-3-1-2-4-7(6)13-5-12/h1-5H. The highest BCUT2D eigenvalue weighted by Crippen LogP contribution is 2.42. The van der Waals surface area contributed by atoms with Crippen LogP contribution in [0.3, 0.4) is 0 Å². The number of benzene rings is 1. The minimum Gasteiger partial charge on any atom is -0.428 e. The van der Waals surface area contributed by atoms with Crippen LogP contribution in [0.25, 0.3) is 0 Å². The number of hydrogen-bond acceptors (Lipinski definition) is 2. The first-order valence-electron chi connectivity index (χ1n) is 3.32. The quantitative estimate of drug-likeness (QED) is 0.586. The molecule has 0 saturated carbocycles. The molecule has 0 atom stereocenters. The summed E-state index contributed by atoms with van der Waals surface area (Å²) in [6.45, 7) is 0.287. The smallest absolute Gasteiger partial charge is 0.298 e. The fraction of sp³-hybridized carbons (Fsp3) is 0.125. The van der Waals surface area contributed by atoms with Gasteiger partial charge in [-0.25, -0.2) is 0 Å². The molecule has 0 aromatic heterocycles. The highest BCUT2D eigenvalue weighted by atomic mass is 35.6. The van der Waals surface area contributed by atoms with Gasteiger partial charge in [-0.2, -0.15) is 0 Å². The van der Waals surface area contributed by atoms with Gasteiger partial charge in [0.15, 0.2) is 0 Å². The molecule has 1 rings (SSSR count). The summed E-state index contributed by atoms with van der Waals surface area (Å²) in [5.41, 5.74) is 0.340. The molecule has 1 aromatic rings. The van der Waals surface area contributed by atoms with Gasteiger partial charge in [0.1, 0.15) is 5.75 Å². The molecule has 0 N–H and O–H groups in total. The average Bonchev–Trinajstić information content (AvgIpc) is 2.04. The second-order valence-electron chi connectivity index (χ2n) is 2.21. The first kappa shape index (κ1) is 10.6. The van der Waals surface area contributed by atoms with Crippen molar-refractivity contribution in [2.45, 2.75) is 3.79 Å². The molecule has 2 nitrogen and oxygen atoms in total. The van der Waals surface area contributed by atoms with Crippen LogP contribution in [0.4, 0.5) is 0 Å². The van der Waals surface area contributed by atoms with Crippen LogP contribution in [0, 0.1) is 0 Å². The highest BCUT2D eigenvalue weighted by molar-refractivity contribution is 6.66. The zero-order valence-electron chi connectivity index (χ0n) is 6.34. The van der Waals surface area contributed by atoms with Crippen molar-refractivity contribution in [1.82, 2.24) is 0 Å². The predicted octanol–water partition coefficient (Wildman–Crippen LogP) is 3.05. The Balaban J connectivity index is 3.11. The number of carbonyl (C=O) groups excluding carboxylic acids is 1. The lowest BCUT2D eigenvalue weighted by Gasteiger charge is -2.13. The topological polar surface area (TPSA) is 26.3 Å². The van der Waals surface area contributed by atoms with Crippen LogP contribution >= 0.6 is 34.8 Å². The molecule has 5 heteroatoms. The second kappa shape index (κ2) is 4.18. The molecule has 13 heavy (non-hydrogen) atoms. The molecular weight excluding hydrogens is 234 g/mol. The summed E-state index contributed by atoms with van der Waals surface area (Å²) in [5, 5.41) is 0. The molecule has 0 fully saturated rings. The zero-order valence-corrected chi connectivity index (χ0v) is 8.60. The van der Waals surface area contributed by atoms with E-state index < -0.39 is 3.79 Å². The van der Waals surface area contributed by atoms with Gasteiger partial charge in [0.2, 0.25) is 3.79 Å². The van der Waals surface area contributed by atoms with E-state index in [2.05, 4.69) is 4.74 Å². The van der Waals surface area contributed by atoms with E-state index in [-0.39, 0.29) is 12.2 Å². The van der Waals surface area contributed by atoms with Crippen LogP contribution in [0.15, 0.2) is 24.3 Å². The molecule has 0 saturated heterocycles. The van der Waals surface area contributed by atoms with Crippen molar-refractivity contribution in [3.8, 4) is 5.75 Å². The van der Waals surface area contributed by atoms with Crippen LogP contribution in [-0.2, 0) is 8.59 Å². The molecule has 0 amide bonds.